The zero-order valence-corrected chi connectivity index (χ0v) is 15.5. The Labute approximate surface area is 157 Å². The normalized spacial score (nSPS) is 10.9. The highest BCUT2D eigenvalue weighted by atomic mass is 32.2. The molecule has 0 fully saturated rings. The van der Waals surface area contributed by atoms with Gasteiger partial charge in [-0.25, -0.2) is 18.4 Å². The first-order chi connectivity index (χ1) is 12.8. The number of anilines is 1. The van der Waals surface area contributed by atoms with Crippen LogP contribution >= 0.6 is 0 Å². The number of ether oxygens (including phenoxy) is 2. The summed E-state index contributed by atoms with van der Waals surface area (Å²) in [5, 5.41) is 7.46. The Kier molecular flexibility index (Phi) is 6.91. The molecule has 2 rings (SSSR count). The van der Waals surface area contributed by atoms with Gasteiger partial charge >= 0.3 is 5.97 Å². The Morgan fingerprint density at radius 2 is 1.81 bits per heavy atom. The van der Waals surface area contributed by atoms with E-state index in [0.717, 1.165) is 12.0 Å². The predicted molar refractivity (Wildman–Crippen MR) is 98.7 cm³/mol. The topological polar surface area (TPSA) is 125 Å². The van der Waals surface area contributed by atoms with Crippen molar-refractivity contribution in [2.75, 3.05) is 18.5 Å². The van der Waals surface area contributed by atoms with Gasteiger partial charge in [0.15, 0.2) is 13.2 Å². The number of hydrogen-bond acceptors (Lipinski definition) is 6. The summed E-state index contributed by atoms with van der Waals surface area (Å²) in [4.78, 5) is 23.4. The van der Waals surface area contributed by atoms with Gasteiger partial charge in [0.1, 0.15) is 5.75 Å². The first-order valence-corrected chi connectivity index (χ1v) is 9.63. The van der Waals surface area contributed by atoms with Crippen molar-refractivity contribution in [3.8, 4) is 5.75 Å². The molecule has 0 saturated carbocycles. The molecule has 0 bridgehead atoms. The van der Waals surface area contributed by atoms with Crippen molar-refractivity contribution in [2.45, 2.75) is 18.2 Å². The molecule has 0 atom stereocenters. The fraction of sp³-hybridized carbons (Fsp3) is 0.222. The Balaban J connectivity index is 1.82. The molecule has 0 aliphatic heterocycles. The van der Waals surface area contributed by atoms with Crippen LogP contribution in [0.5, 0.6) is 5.75 Å². The number of sulfonamides is 1. The van der Waals surface area contributed by atoms with Crippen molar-refractivity contribution < 1.29 is 27.5 Å². The second-order valence-electron chi connectivity index (χ2n) is 5.53. The van der Waals surface area contributed by atoms with E-state index in [9.17, 15) is 18.0 Å². The van der Waals surface area contributed by atoms with Crippen LogP contribution in [0.3, 0.4) is 0 Å². The molecule has 0 aromatic heterocycles. The van der Waals surface area contributed by atoms with Gasteiger partial charge in [-0.2, -0.15) is 0 Å². The largest absolute Gasteiger partial charge is 0.482 e. The SMILES string of the molecule is CCc1ccccc1OCC(=O)OCC(=O)Nc1cccc(S(N)(=O)=O)c1. The molecule has 9 heteroatoms. The minimum absolute atomic E-state index is 0.139. The van der Waals surface area contributed by atoms with E-state index in [-0.39, 0.29) is 17.2 Å². The van der Waals surface area contributed by atoms with E-state index in [2.05, 4.69) is 5.32 Å². The van der Waals surface area contributed by atoms with Gasteiger partial charge in [-0.05, 0) is 36.2 Å². The molecule has 0 spiro atoms. The lowest BCUT2D eigenvalue weighted by Crippen LogP contribution is -2.24. The van der Waals surface area contributed by atoms with Crippen molar-refractivity contribution in [1.82, 2.24) is 0 Å². The number of nitrogens with two attached hydrogens (primary N) is 1. The number of primary sulfonamides is 1. The maximum Gasteiger partial charge on any atom is 0.344 e. The van der Waals surface area contributed by atoms with E-state index < -0.39 is 28.5 Å². The van der Waals surface area contributed by atoms with Gasteiger partial charge in [0, 0.05) is 5.69 Å². The molecule has 8 nitrogen and oxygen atoms in total. The summed E-state index contributed by atoms with van der Waals surface area (Å²) in [7, 11) is -3.88. The number of aryl methyl sites for hydroxylation is 1. The van der Waals surface area contributed by atoms with E-state index in [1.165, 1.54) is 24.3 Å². The van der Waals surface area contributed by atoms with Crippen LogP contribution in [-0.2, 0) is 30.8 Å². The second-order valence-corrected chi connectivity index (χ2v) is 7.09. The lowest BCUT2D eigenvalue weighted by atomic mass is 10.1. The molecule has 2 aromatic rings. The number of esters is 1. The molecule has 0 aliphatic carbocycles. The van der Waals surface area contributed by atoms with Gasteiger partial charge < -0.3 is 14.8 Å². The highest BCUT2D eigenvalue weighted by Crippen LogP contribution is 2.18. The molecular formula is C18H20N2O6S. The fourth-order valence-electron chi connectivity index (χ4n) is 2.21. The van der Waals surface area contributed by atoms with Crippen molar-refractivity contribution >= 4 is 27.6 Å². The van der Waals surface area contributed by atoms with Gasteiger partial charge in [0.2, 0.25) is 10.0 Å². The van der Waals surface area contributed by atoms with E-state index >= 15 is 0 Å². The molecule has 0 saturated heterocycles. The Hall–Kier alpha value is -2.91. The number of para-hydroxylation sites is 1. The number of hydrogen-bond donors (Lipinski definition) is 2. The Morgan fingerprint density at radius 3 is 2.52 bits per heavy atom. The lowest BCUT2D eigenvalue weighted by Gasteiger charge is -2.10. The van der Waals surface area contributed by atoms with Crippen LogP contribution in [0.1, 0.15) is 12.5 Å². The van der Waals surface area contributed by atoms with E-state index in [4.69, 9.17) is 14.6 Å². The van der Waals surface area contributed by atoms with Crippen LogP contribution in [0.25, 0.3) is 0 Å². The fourth-order valence-corrected chi connectivity index (χ4v) is 2.77. The monoisotopic (exact) mass is 392 g/mol. The standard InChI is InChI=1S/C18H20N2O6S/c1-2-13-6-3-4-9-16(13)25-12-18(22)26-11-17(21)20-14-7-5-8-15(10-14)27(19,23)24/h3-10H,2,11-12H2,1H3,(H,20,21)(H2,19,23,24). The zero-order valence-electron chi connectivity index (χ0n) is 14.7. The van der Waals surface area contributed by atoms with Gasteiger partial charge in [0.05, 0.1) is 4.90 Å². The molecule has 1 amide bonds. The summed E-state index contributed by atoms with van der Waals surface area (Å²) in [5.41, 5.74) is 1.17. The smallest absolute Gasteiger partial charge is 0.344 e. The van der Waals surface area contributed by atoms with Crippen LogP contribution in [0.2, 0.25) is 0 Å². The van der Waals surface area contributed by atoms with Gasteiger partial charge in [0.25, 0.3) is 5.91 Å². The molecule has 0 heterocycles. The average molecular weight is 392 g/mol. The zero-order chi connectivity index (χ0) is 19.9. The quantitative estimate of drug-likeness (QED) is 0.655. The number of carbonyl (C=O) groups is 2. The third kappa shape index (κ3) is 6.39. The number of benzene rings is 2. The highest BCUT2D eigenvalue weighted by Gasteiger charge is 2.12. The summed E-state index contributed by atoms with van der Waals surface area (Å²) >= 11 is 0. The minimum Gasteiger partial charge on any atom is -0.482 e. The summed E-state index contributed by atoms with van der Waals surface area (Å²) in [6.45, 7) is 1.11. The maximum atomic E-state index is 11.8. The first-order valence-electron chi connectivity index (χ1n) is 8.08. The number of rotatable bonds is 8. The summed E-state index contributed by atoms with van der Waals surface area (Å²) < 4.78 is 32.9. The summed E-state index contributed by atoms with van der Waals surface area (Å²) in [6, 6.07) is 12.7. The van der Waals surface area contributed by atoms with Crippen LogP contribution < -0.4 is 15.2 Å². The van der Waals surface area contributed by atoms with Crippen molar-refractivity contribution in [2.24, 2.45) is 5.14 Å². The minimum atomic E-state index is -3.88. The van der Waals surface area contributed by atoms with E-state index in [0.29, 0.717) is 5.75 Å². The first kappa shape index (κ1) is 20.4. The Bertz CT molecular complexity index is 927. The van der Waals surface area contributed by atoms with Crippen LogP contribution in [-0.4, -0.2) is 33.5 Å². The van der Waals surface area contributed by atoms with Gasteiger partial charge in [-0.1, -0.05) is 31.2 Å². The van der Waals surface area contributed by atoms with Crippen LogP contribution in [0.15, 0.2) is 53.4 Å². The molecule has 144 valence electrons. The molecule has 3 N–H and O–H groups in total. The Morgan fingerprint density at radius 1 is 1.07 bits per heavy atom. The number of nitrogens with one attached hydrogen (secondary N) is 1. The predicted octanol–water partition coefficient (Wildman–Crippen LogP) is 1.46. The average Bonchev–Trinajstić information content (AvgIpc) is 2.64. The summed E-state index contributed by atoms with van der Waals surface area (Å²) in [6.07, 6.45) is 0.755. The van der Waals surface area contributed by atoms with E-state index in [1.807, 2.05) is 19.1 Å². The van der Waals surface area contributed by atoms with Gasteiger partial charge in [-0.15, -0.1) is 0 Å². The maximum absolute atomic E-state index is 11.8. The molecular weight excluding hydrogens is 372 g/mol. The van der Waals surface area contributed by atoms with E-state index in [1.54, 1.807) is 12.1 Å². The van der Waals surface area contributed by atoms with Crippen molar-refractivity contribution in [3.05, 3.63) is 54.1 Å². The lowest BCUT2D eigenvalue weighted by molar-refractivity contribution is -0.149. The van der Waals surface area contributed by atoms with Gasteiger partial charge in [-0.3, -0.25) is 4.79 Å². The molecule has 0 radical (unpaired) electrons. The van der Waals surface area contributed by atoms with Crippen molar-refractivity contribution in [3.63, 3.8) is 0 Å². The molecule has 0 aliphatic rings. The highest BCUT2D eigenvalue weighted by molar-refractivity contribution is 7.89. The summed E-state index contributed by atoms with van der Waals surface area (Å²) in [5.74, 6) is -0.737. The number of amides is 1. The molecule has 0 unspecified atom stereocenters. The van der Waals surface area contributed by atoms with Crippen LogP contribution in [0.4, 0.5) is 5.69 Å². The second kappa shape index (κ2) is 9.15. The van der Waals surface area contributed by atoms with Crippen LogP contribution in [0, 0.1) is 0 Å². The number of carbonyl (C=O) groups excluding carboxylic acids is 2. The third-order valence-corrected chi connectivity index (χ3v) is 4.42. The molecule has 2 aromatic carbocycles. The van der Waals surface area contributed by atoms with Crippen molar-refractivity contribution in [1.29, 1.82) is 0 Å². The molecule has 27 heavy (non-hydrogen) atoms. The third-order valence-electron chi connectivity index (χ3n) is 3.51.